The number of likely N-dealkylation sites (tertiary alicyclic amines) is 1. The molecule has 1 aliphatic heterocycles. The first kappa shape index (κ1) is 16.7. The number of nitrogens with one attached hydrogen (secondary N) is 1. The Labute approximate surface area is 134 Å². The lowest BCUT2D eigenvalue weighted by Crippen LogP contribution is -2.42. The standard InChI is InChI=1S/C15H20ClN3O3/c1-10-5-11(2)8-18(7-10)9-15(20)17-13-4-3-12(16)6-14(13)19(21)22/h3-4,6,10-11H,5,7-9H2,1-2H3,(H,17,20)/t10-,11+. The Balaban J connectivity index is 2.02. The second-order valence-electron chi connectivity index (χ2n) is 6.11. The normalized spacial score (nSPS) is 22.3. The van der Waals surface area contributed by atoms with Crippen molar-refractivity contribution < 1.29 is 9.72 Å². The lowest BCUT2D eigenvalue weighted by molar-refractivity contribution is -0.383. The highest BCUT2D eigenvalue weighted by Crippen LogP contribution is 2.28. The summed E-state index contributed by atoms with van der Waals surface area (Å²) in [6, 6.07) is 4.22. The van der Waals surface area contributed by atoms with Crippen LogP contribution in [0.15, 0.2) is 18.2 Å². The fourth-order valence-electron chi connectivity index (χ4n) is 3.08. The van der Waals surface area contributed by atoms with E-state index in [2.05, 4.69) is 24.1 Å². The van der Waals surface area contributed by atoms with Crippen molar-refractivity contribution in [1.29, 1.82) is 0 Å². The molecule has 0 aromatic heterocycles. The smallest absolute Gasteiger partial charge is 0.294 e. The minimum atomic E-state index is -0.549. The van der Waals surface area contributed by atoms with E-state index in [9.17, 15) is 14.9 Å². The molecular weight excluding hydrogens is 306 g/mol. The van der Waals surface area contributed by atoms with Gasteiger partial charge in [-0.2, -0.15) is 0 Å². The monoisotopic (exact) mass is 325 g/mol. The molecule has 0 saturated carbocycles. The number of carbonyl (C=O) groups excluding carboxylic acids is 1. The van der Waals surface area contributed by atoms with Gasteiger partial charge in [-0.05, 0) is 30.4 Å². The highest BCUT2D eigenvalue weighted by molar-refractivity contribution is 6.31. The molecule has 1 saturated heterocycles. The number of hydrogen-bond acceptors (Lipinski definition) is 4. The number of nitro groups is 1. The van der Waals surface area contributed by atoms with E-state index < -0.39 is 4.92 Å². The second-order valence-corrected chi connectivity index (χ2v) is 6.54. The highest BCUT2D eigenvalue weighted by atomic mass is 35.5. The van der Waals surface area contributed by atoms with E-state index in [0.29, 0.717) is 11.8 Å². The SMILES string of the molecule is C[C@@H]1C[C@H](C)CN(CC(=O)Nc2ccc(Cl)cc2[N+](=O)[O-])C1. The average molecular weight is 326 g/mol. The number of nitrogens with zero attached hydrogens (tertiary/aromatic N) is 2. The van der Waals surface area contributed by atoms with E-state index in [-0.39, 0.29) is 28.8 Å². The number of anilines is 1. The van der Waals surface area contributed by atoms with Gasteiger partial charge in [0.05, 0.1) is 11.5 Å². The van der Waals surface area contributed by atoms with Crippen LogP contribution in [-0.4, -0.2) is 35.4 Å². The van der Waals surface area contributed by atoms with Crippen LogP contribution in [0.25, 0.3) is 0 Å². The first-order valence-corrected chi connectivity index (χ1v) is 7.69. The predicted molar refractivity (Wildman–Crippen MR) is 86.1 cm³/mol. The molecule has 2 rings (SSSR count). The topological polar surface area (TPSA) is 75.5 Å². The molecule has 1 aromatic carbocycles. The summed E-state index contributed by atoms with van der Waals surface area (Å²) in [5.74, 6) is 0.870. The van der Waals surface area contributed by atoms with Gasteiger partial charge >= 0.3 is 0 Å². The molecule has 6 nitrogen and oxygen atoms in total. The van der Waals surface area contributed by atoms with Crippen molar-refractivity contribution in [1.82, 2.24) is 4.90 Å². The molecule has 1 amide bonds. The maximum absolute atomic E-state index is 12.1. The Morgan fingerprint density at radius 3 is 2.64 bits per heavy atom. The van der Waals surface area contributed by atoms with Crippen LogP contribution in [0.5, 0.6) is 0 Å². The zero-order valence-electron chi connectivity index (χ0n) is 12.7. The van der Waals surface area contributed by atoms with Crippen LogP contribution < -0.4 is 5.32 Å². The molecule has 1 fully saturated rings. The molecule has 1 heterocycles. The van der Waals surface area contributed by atoms with Gasteiger partial charge in [-0.25, -0.2) is 0 Å². The third-order valence-corrected chi connectivity index (χ3v) is 3.98. The van der Waals surface area contributed by atoms with Gasteiger partial charge in [-0.15, -0.1) is 0 Å². The number of amides is 1. The fraction of sp³-hybridized carbons (Fsp3) is 0.533. The van der Waals surface area contributed by atoms with E-state index in [1.807, 2.05) is 0 Å². The number of hydrogen-bond donors (Lipinski definition) is 1. The van der Waals surface area contributed by atoms with E-state index >= 15 is 0 Å². The number of carbonyl (C=O) groups is 1. The average Bonchev–Trinajstić information content (AvgIpc) is 2.39. The van der Waals surface area contributed by atoms with Crippen LogP contribution in [0.1, 0.15) is 20.3 Å². The first-order chi connectivity index (χ1) is 10.3. The molecule has 0 bridgehead atoms. The Kier molecular flexibility index (Phi) is 5.37. The van der Waals surface area contributed by atoms with Crippen molar-refractivity contribution >= 4 is 28.9 Å². The molecule has 0 spiro atoms. The summed E-state index contributed by atoms with van der Waals surface area (Å²) >= 11 is 5.76. The number of nitro benzene ring substituents is 1. The molecule has 1 aromatic rings. The summed E-state index contributed by atoms with van der Waals surface area (Å²) in [6.45, 7) is 6.34. The van der Waals surface area contributed by atoms with Crippen molar-refractivity contribution in [3.8, 4) is 0 Å². The second kappa shape index (κ2) is 7.07. The van der Waals surface area contributed by atoms with E-state index in [4.69, 9.17) is 11.6 Å². The van der Waals surface area contributed by atoms with Gasteiger partial charge < -0.3 is 5.32 Å². The van der Waals surface area contributed by atoms with Crippen molar-refractivity contribution in [2.45, 2.75) is 20.3 Å². The third kappa shape index (κ3) is 4.42. The molecule has 1 aliphatic rings. The number of rotatable bonds is 4. The lowest BCUT2D eigenvalue weighted by atomic mass is 9.92. The molecule has 0 aliphatic carbocycles. The van der Waals surface area contributed by atoms with Crippen LogP contribution >= 0.6 is 11.6 Å². The molecule has 22 heavy (non-hydrogen) atoms. The van der Waals surface area contributed by atoms with Crippen LogP contribution in [0, 0.1) is 22.0 Å². The van der Waals surface area contributed by atoms with E-state index in [1.54, 1.807) is 0 Å². The minimum Gasteiger partial charge on any atom is -0.319 e. The van der Waals surface area contributed by atoms with Crippen LogP contribution in [0.4, 0.5) is 11.4 Å². The van der Waals surface area contributed by atoms with Crippen molar-refractivity contribution in [3.05, 3.63) is 33.3 Å². The zero-order valence-corrected chi connectivity index (χ0v) is 13.5. The van der Waals surface area contributed by atoms with Crippen LogP contribution in [0.3, 0.4) is 0 Å². The third-order valence-electron chi connectivity index (χ3n) is 3.74. The summed E-state index contributed by atoms with van der Waals surface area (Å²) in [7, 11) is 0. The number of benzene rings is 1. The van der Waals surface area contributed by atoms with Gasteiger partial charge in [0.15, 0.2) is 0 Å². The van der Waals surface area contributed by atoms with Crippen LogP contribution in [0.2, 0.25) is 5.02 Å². The summed E-state index contributed by atoms with van der Waals surface area (Å²) in [5, 5.41) is 13.9. The van der Waals surface area contributed by atoms with Crippen molar-refractivity contribution in [2.24, 2.45) is 11.8 Å². The maximum Gasteiger partial charge on any atom is 0.294 e. The fourth-order valence-corrected chi connectivity index (χ4v) is 3.24. The number of piperidine rings is 1. The van der Waals surface area contributed by atoms with Gasteiger partial charge in [0.1, 0.15) is 5.69 Å². The molecule has 0 unspecified atom stereocenters. The van der Waals surface area contributed by atoms with Crippen molar-refractivity contribution in [2.75, 3.05) is 25.0 Å². The Morgan fingerprint density at radius 2 is 2.05 bits per heavy atom. The predicted octanol–water partition coefficient (Wildman–Crippen LogP) is 3.16. The first-order valence-electron chi connectivity index (χ1n) is 7.31. The molecule has 7 heteroatoms. The largest absolute Gasteiger partial charge is 0.319 e. The Bertz CT molecular complexity index is 569. The molecule has 1 N–H and O–H groups in total. The molecular formula is C15H20ClN3O3. The van der Waals surface area contributed by atoms with E-state index in [1.165, 1.54) is 24.6 Å². The quantitative estimate of drug-likeness (QED) is 0.681. The Morgan fingerprint density at radius 1 is 1.41 bits per heavy atom. The number of halogens is 1. The van der Waals surface area contributed by atoms with Gasteiger partial charge in [0.2, 0.25) is 5.91 Å². The molecule has 2 atom stereocenters. The van der Waals surface area contributed by atoms with Gasteiger partial charge in [0, 0.05) is 24.2 Å². The zero-order chi connectivity index (χ0) is 16.3. The van der Waals surface area contributed by atoms with Gasteiger partial charge in [-0.1, -0.05) is 25.4 Å². The maximum atomic E-state index is 12.1. The van der Waals surface area contributed by atoms with E-state index in [0.717, 1.165) is 13.1 Å². The van der Waals surface area contributed by atoms with Crippen LogP contribution in [-0.2, 0) is 4.79 Å². The molecule has 0 radical (unpaired) electrons. The summed E-state index contributed by atoms with van der Waals surface area (Å²) < 4.78 is 0. The highest BCUT2D eigenvalue weighted by Gasteiger charge is 2.24. The summed E-state index contributed by atoms with van der Waals surface area (Å²) in [4.78, 5) is 24.7. The van der Waals surface area contributed by atoms with Gasteiger partial charge in [-0.3, -0.25) is 19.8 Å². The van der Waals surface area contributed by atoms with Gasteiger partial charge in [0.25, 0.3) is 5.69 Å². The van der Waals surface area contributed by atoms with Crippen molar-refractivity contribution in [3.63, 3.8) is 0 Å². The summed E-state index contributed by atoms with van der Waals surface area (Å²) in [5.41, 5.74) is -0.0151. The summed E-state index contributed by atoms with van der Waals surface area (Å²) in [6.07, 6.45) is 1.17. The molecule has 120 valence electrons. The lowest BCUT2D eigenvalue weighted by Gasteiger charge is -2.34. The Hall–Kier alpha value is -1.66. The minimum absolute atomic E-state index is 0.178.